The van der Waals surface area contributed by atoms with Crippen LogP contribution < -0.4 is 11.1 Å². The fourth-order valence-electron chi connectivity index (χ4n) is 1.22. The summed E-state index contributed by atoms with van der Waals surface area (Å²) >= 11 is 5.30. The van der Waals surface area contributed by atoms with Crippen molar-refractivity contribution in [1.29, 1.82) is 0 Å². The van der Waals surface area contributed by atoms with Crippen LogP contribution in [0.5, 0.6) is 0 Å². The van der Waals surface area contributed by atoms with E-state index in [0.29, 0.717) is 5.69 Å². The van der Waals surface area contributed by atoms with Crippen LogP contribution in [0.15, 0.2) is 16.9 Å². The molecule has 0 aliphatic heterocycles. The number of aromatic nitrogens is 1. The van der Waals surface area contributed by atoms with Crippen LogP contribution in [0.4, 0.5) is 11.4 Å². The summed E-state index contributed by atoms with van der Waals surface area (Å²) < 4.78 is 0.923. The standard InChI is InChI=1S/C10H16BrN3S/c1-15-5-3-2-4-14-10-8(11)6-13-7-9(10)12/h6-7H,2-5,12H2,1H3,(H,13,14). The fraction of sp³-hybridized carbons (Fsp3) is 0.500. The summed E-state index contributed by atoms with van der Waals surface area (Å²) in [4.78, 5) is 3.99. The zero-order valence-electron chi connectivity index (χ0n) is 8.79. The molecule has 1 heterocycles. The molecule has 0 spiro atoms. The summed E-state index contributed by atoms with van der Waals surface area (Å²) in [6, 6.07) is 0. The van der Waals surface area contributed by atoms with E-state index >= 15 is 0 Å². The molecule has 1 rings (SSSR count). The van der Waals surface area contributed by atoms with Crippen molar-refractivity contribution in [1.82, 2.24) is 4.98 Å². The number of nitrogens with one attached hydrogen (secondary N) is 1. The van der Waals surface area contributed by atoms with Crippen molar-refractivity contribution in [2.24, 2.45) is 0 Å². The van der Waals surface area contributed by atoms with Gasteiger partial charge in [-0.15, -0.1) is 0 Å². The summed E-state index contributed by atoms with van der Waals surface area (Å²) in [6.07, 6.45) is 7.94. The average Bonchev–Trinajstić information content (AvgIpc) is 2.21. The number of nitrogens with two attached hydrogens (primary N) is 1. The Kier molecular flexibility index (Phi) is 5.86. The van der Waals surface area contributed by atoms with E-state index < -0.39 is 0 Å². The summed E-state index contributed by atoms with van der Waals surface area (Å²) in [7, 11) is 0. The summed E-state index contributed by atoms with van der Waals surface area (Å²) in [6.45, 7) is 0.952. The summed E-state index contributed by atoms with van der Waals surface area (Å²) in [5, 5.41) is 3.32. The highest BCUT2D eigenvalue weighted by Crippen LogP contribution is 2.26. The Balaban J connectivity index is 2.37. The molecule has 3 N–H and O–H groups in total. The first-order valence-electron chi connectivity index (χ1n) is 4.87. The molecule has 0 saturated heterocycles. The number of pyridine rings is 1. The predicted molar refractivity (Wildman–Crippen MR) is 72.5 cm³/mol. The van der Waals surface area contributed by atoms with Crippen LogP contribution in [0.25, 0.3) is 0 Å². The molecule has 0 unspecified atom stereocenters. The van der Waals surface area contributed by atoms with Gasteiger partial charge in [-0.1, -0.05) is 0 Å². The van der Waals surface area contributed by atoms with E-state index in [2.05, 4.69) is 32.5 Å². The monoisotopic (exact) mass is 289 g/mol. The zero-order valence-corrected chi connectivity index (χ0v) is 11.2. The predicted octanol–water partition coefficient (Wildman–Crippen LogP) is 2.98. The first kappa shape index (κ1) is 12.6. The molecular formula is C10H16BrN3S. The molecule has 0 saturated carbocycles. The Morgan fingerprint density at radius 3 is 2.93 bits per heavy atom. The van der Waals surface area contributed by atoms with Gasteiger partial charge in [-0.25, -0.2) is 0 Å². The minimum Gasteiger partial charge on any atom is -0.396 e. The van der Waals surface area contributed by atoms with Crippen LogP contribution in [-0.2, 0) is 0 Å². The second-order valence-corrected chi connectivity index (χ2v) is 5.05. The Labute approximate surface area is 103 Å². The molecular weight excluding hydrogens is 274 g/mol. The van der Waals surface area contributed by atoms with E-state index in [4.69, 9.17) is 5.73 Å². The number of rotatable bonds is 6. The van der Waals surface area contributed by atoms with E-state index in [0.717, 1.165) is 23.1 Å². The maximum absolute atomic E-state index is 5.80. The van der Waals surface area contributed by atoms with E-state index in [1.807, 2.05) is 11.8 Å². The number of anilines is 2. The van der Waals surface area contributed by atoms with Crippen molar-refractivity contribution in [3.05, 3.63) is 16.9 Å². The number of nitrogen functional groups attached to an aromatic ring is 1. The first-order chi connectivity index (χ1) is 7.25. The number of hydrogen-bond acceptors (Lipinski definition) is 4. The Morgan fingerprint density at radius 1 is 1.47 bits per heavy atom. The van der Waals surface area contributed by atoms with Gasteiger partial charge in [-0.3, -0.25) is 4.98 Å². The van der Waals surface area contributed by atoms with Gasteiger partial charge in [0, 0.05) is 12.7 Å². The normalized spacial score (nSPS) is 10.3. The number of unbranched alkanes of at least 4 members (excludes halogenated alkanes) is 1. The molecule has 0 bridgehead atoms. The lowest BCUT2D eigenvalue weighted by molar-refractivity contribution is 0.843. The van der Waals surface area contributed by atoms with E-state index in [-0.39, 0.29) is 0 Å². The fourth-order valence-corrected chi connectivity index (χ4v) is 2.20. The van der Waals surface area contributed by atoms with Gasteiger partial charge in [-0.2, -0.15) is 11.8 Å². The van der Waals surface area contributed by atoms with Crippen LogP contribution in [0.1, 0.15) is 12.8 Å². The molecule has 0 amide bonds. The van der Waals surface area contributed by atoms with E-state index in [1.165, 1.54) is 12.2 Å². The molecule has 15 heavy (non-hydrogen) atoms. The van der Waals surface area contributed by atoms with E-state index in [9.17, 15) is 0 Å². The average molecular weight is 290 g/mol. The Hall–Kier alpha value is -0.420. The van der Waals surface area contributed by atoms with Gasteiger partial charge < -0.3 is 11.1 Å². The van der Waals surface area contributed by atoms with Crippen LogP contribution in [0.2, 0.25) is 0 Å². The number of hydrogen-bond donors (Lipinski definition) is 2. The second-order valence-electron chi connectivity index (χ2n) is 3.21. The summed E-state index contributed by atoms with van der Waals surface area (Å²) in [5.41, 5.74) is 7.45. The minimum absolute atomic E-state index is 0.689. The summed E-state index contributed by atoms with van der Waals surface area (Å²) in [5.74, 6) is 1.22. The maximum atomic E-state index is 5.80. The highest BCUT2D eigenvalue weighted by atomic mass is 79.9. The lowest BCUT2D eigenvalue weighted by atomic mass is 10.3. The van der Waals surface area contributed by atoms with Gasteiger partial charge in [0.25, 0.3) is 0 Å². The van der Waals surface area contributed by atoms with Crippen molar-refractivity contribution in [3.63, 3.8) is 0 Å². The van der Waals surface area contributed by atoms with Gasteiger partial charge in [0.1, 0.15) is 0 Å². The number of thioether (sulfide) groups is 1. The quantitative estimate of drug-likeness (QED) is 0.791. The lowest BCUT2D eigenvalue weighted by Crippen LogP contribution is -2.05. The Bertz CT molecular complexity index is 286. The highest BCUT2D eigenvalue weighted by molar-refractivity contribution is 9.10. The minimum atomic E-state index is 0.689. The lowest BCUT2D eigenvalue weighted by Gasteiger charge is -2.10. The van der Waals surface area contributed by atoms with Crippen molar-refractivity contribution in [2.45, 2.75) is 12.8 Å². The van der Waals surface area contributed by atoms with Gasteiger partial charge in [0.05, 0.1) is 22.0 Å². The zero-order chi connectivity index (χ0) is 11.1. The highest BCUT2D eigenvalue weighted by Gasteiger charge is 2.02. The molecule has 0 fully saturated rings. The van der Waals surface area contributed by atoms with Crippen molar-refractivity contribution in [3.8, 4) is 0 Å². The van der Waals surface area contributed by atoms with Crippen LogP contribution >= 0.6 is 27.7 Å². The van der Waals surface area contributed by atoms with Crippen molar-refractivity contribution >= 4 is 39.1 Å². The molecule has 84 valence electrons. The van der Waals surface area contributed by atoms with Gasteiger partial charge in [-0.05, 0) is 40.8 Å². The molecule has 0 aliphatic carbocycles. The van der Waals surface area contributed by atoms with Crippen molar-refractivity contribution < 1.29 is 0 Å². The molecule has 0 aromatic carbocycles. The van der Waals surface area contributed by atoms with Gasteiger partial charge in [0.15, 0.2) is 0 Å². The number of halogens is 1. The Morgan fingerprint density at radius 2 is 2.27 bits per heavy atom. The first-order valence-corrected chi connectivity index (χ1v) is 7.06. The van der Waals surface area contributed by atoms with Crippen molar-refractivity contribution in [2.75, 3.05) is 29.6 Å². The second kappa shape index (κ2) is 6.95. The molecule has 3 nitrogen and oxygen atoms in total. The third kappa shape index (κ3) is 4.30. The third-order valence-corrected chi connectivity index (χ3v) is 3.30. The SMILES string of the molecule is CSCCCCNc1c(N)cncc1Br. The van der Waals surface area contributed by atoms with Gasteiger partial charge in [0.2, 0.25) is 0 Å². The molecule has 1 aromatic rings. The van der Waals surface area contributed by atoms with Crippen LogP contribution in [0, 0.1) is 0 Å². The van der Waals surface area contributed by atoms with Crippen LogP contribution in [-0.4, -0.2) is 23.5 Å². The number of nitrogens with zero attached hydrogens (tertiary/aromatic N) is 1. The van der Waals surface area contributed by atoms with Crippen LogP contribution in [0.3, 0.4) is 0 Å². The molecule has 0 atom stereocenters. The molecule has 5 heteroatoms. The van der Waals surface area contributed by atoms with E-state index in [1.54, 1.807) is 12.4 Å². The molecule has 0 radical (unpaired) electrons. The molecule has 0 aliphatic rings. The maximum Gasteiger partial charge on any atom is 0.0750 e. The largest absolute Gasteiger partial charge is 0.396 e. The topological polar surface area (TPSA) is 50.9 Å². The third-order valence-electron chi connectivity index (χ3n) is 2.01. The molecule has 1 aromatic heterocycles. The smallest absolute Gasteiger partial charge is 0.0750 e. The van der Waals surface area contributed by atoms with Gasteiger partial charge >= 0.3 is 0 Å².